The van der Waals surface area contributed by atoms with E-state index in [-0.39, 0.29) is 0 Å². The maximum absolute atomic E-state index is 12.0. The van der Waals surface area contributed by atoms with E-state index in [0.717, 1.165) is 5.56 Å². The molecule has 0 unspecified atom stereocenters. The van der Waals surface area contributed by atoms with Crippen LogP contribution in [-0.2, 0) is 14.3 Å². The van der Waals surface area contributed by atoms with E-state index >= 15 is 0 Å². The van der Waals surface area contributed by atoms with Gasteiger partial charge in [0.15, 0.2) is 6.10 Å². The topological polar surface area (TPSA) is 98.5 Å². The Kier molecular flexibility index (Phi) is 6.06. The van der Waals surface area contributed by atoms with Crippen LogP contribution in [0.15, 0.2) is 60.7 Å². The number of primary amides is 1. The number of hydrogen-bond acceptors (Lipinski definition) is 4. The summed E-state index contributed by atoms with van der Waals surface area (Å²) in [6.07, 6.45) is 1.90. The molecule has 3 N–H and O–H groups in total. The number of nitrogens with two attached hydrogens (primary N) is 1. The van der Waals surface area contributed by atoms with Crippen LogP contribution in [0.1, 0.15) is 22.8 Å². The lowest BCUT2D eigenvalue weighted by Gasteiger charge is -2.12. The Hall–Kier alpha value is -3.41. The van der Waals surface area contributed by atoms with Crippen molar-refractivity contribution in [2.45, 2.75) is 13.0 Å². The van der Waals surface area contributed by atoms with Gasteiger partial charge in [-0.1, -0.05) is 30.3 Å². The monoisotopic (exact) mass is 338 g/mol. The van der Waals surface area contributed by atoms with Crippen molar-refractivity contribution in [2.24, 2.45) is 5.73 Å². The van der Waals surface area contributed by atoms with E-state index in [4.69, 9.17) is 10.5 Å². The Morgan fingerprint density at radius 2 is 1.68 bits per heavy atom. The summed E-state index contributed by atoms with van der Waals surface area (Å²) in [5, 5.41) is 2.59. The van der Waals surface area contributed by atoms with E-state index in [0.29, 0.717) is 11.3 Å². The maximum Gasteiger partial charge on any atom is 0.331 e. The van der Waals surface area contributed by atoms with Gasteiger partial charge in [0.2, 0.25) is 5.91 Å². The molecule has 0 fully saturated rings. The number of hydrogen-bond donors (Lipinski definition) is 2. The summed E-state index contributed by atoms with van der Waals surface area (Å²) in [4.78, 5) is 34.8. The molecule has 0 aliphatic carbocycles. The van der Waals surface area contributed by atoms with Gasteiger partial charge in [-0.25, -0.2) is 4.79 Å². The van der Waals surface area contributed by atoms with Crippen molar-refractivity contribution in [1.82, 2.24) is 0 Å². The fourth-order valence-electron chi connectivity index (χ4n) is 1.96. The summed E-state index contributed by atoms with van der Waals surface area (Å²) in [5.74, 6) is -1.64. The van der Waals surface area contributed by atoms with Crippen molar-refractivity contribution in [3.63, 3.8) is 0 Å². The van der Waals surface area contributed by atoms with Crippen molar-refractivity contribution in [2.75, 3.05) is 5.32 Å². The second-order valence-corrected chi connectivity index (χ2v) is 5.25. The van der Waals surface area contributed by atoms with Crippen molar-refractivity contribution < 1.29 is 19.1 Å². The molecule has 0 heterocycles. The second kappa shape index (κ2) is 8.44. The Balaban J connectivity index is 1.88. The molecule has 25 heavy (non-hydrogen) atoms. The molecule has 6 heteroatoms. The van der Waals surface area contributed by atoms with Gasteiger partial charge in [-0.05, 0) is 42.8 Å². The average Bonchev–Trinajstić information content (AvgIpc) is 2.61. The van der Waals surface area contributed by atoms with E-state index in [1.165, 1.54) is 25.1 Å². The number of carbonyl (C=O) groups is 3. The van der Waals surface area contributed by atoms with Crippen LogP contribution in [0, 0.1) is 0 Å². The van der Waals surface area contributed by atoms with E-state index in [2.05, 4.69) is 5.32 Å². The number of nitrogens with one attached hydrogen (secondary N) is 1. The third-order valence-corrected chi connectivity index (χ3v) is 3.31. The van der Waals surface area contributed by atoms with Crippen LogP contribution in [0.3, 0.4) is 0 Å². The van der Waals surface area contributed by atoms with Gasteiger partial charge in [-0.2, -0.15) is 0 Å². The molecule has 2 rings (SSSR count). The predicted molar refractivity (Wildman–Crippen MR) is 94.6 cm³/mol. The van der Waals surface area contributed by atoms with Gasteiger partial charge in [-0.15, -0.1) is 0 Å². The maximum atomic E-state index is 12.0. The lowest BCUT2D eigenvalue weighted by Crippen LogP contribution is -2.29. The minimum absolute atomic E-state index is 0.337. The van der Waals surface area contributed by atoms with E-state index in [1.54, 1.807) is 18.2 Å². The smallest absolute Gasteiger partial charge is 0.331 e. The highest BCUT2D eigenvalue weighted by Gasteiger charge is 2.16. The van der Waals surface area contributed by atoms with Gasteiger partial charge in [0, 0.05) is 17.3 Å². The first-order chi connectivity index (χ1) is 12.0. The SMILES string of the molecule is C[C@@H](OC(=O)/C=C/c1ccccc1)C(=O)Nc1ccc(C(N)=O)cc1. The Labute approximate surface area is 145 Å². The minimum atomic E-state index is -0.969. The number of carbonyl (C=O) groups excluding carboxylic acids is 3. The molecule has 0 aliphatic rings. The normalized spacial score (nSPS) is 11.7. The van der Waals surface area contributed by atoms with E-state index in [1.807, 2.05) is 30.3 Å². The van der Waals surface area contributed by atoms with Gasteiger partial charge < -0.3 is 15.8 Å². The summed E-state index contributed by atoms with van der Waals surface area (Å²) in [7, 11) is 0. The summed E-state index contributed by atoms with van der Waals surface area (Å²) >= 11 is 0. The zero-order valence-electron chi connectivity index (χ0n) is 13.6. The van der Waals surface area contributed by atoms with Crippen molar-refractivity contribution in [1.29, 1.82) is 0 Å². The van der Waals surface area contributed by atoms with Crippen LogP contribution >= 0.6 is 0 Å². The molecule has 128 valence electrons. The molecule has 2 aromatic rings. The van der Waals surface area contributed by atoms with E-state index in [9.17, 15) is 14.4 Å². The number of anilines is 1. The number of benzene rings is 2. The average molecular weight is 338 g/mol. The molecule has 0 radical (unpaired) electrons. The molecule has 2 amide bonds. The van der Waals surface area contributed by atoms with Crippen molar-refractivity contribution in [3.8, 4) is 0 Å². The first-order valence-corrected chi connectivity index (χ1v) is 7.60. The first-order valence-electron chi connectivity index (χ1n) is 7.60. The van der Waals surface area contributed by atoms with Crippen LogP contribution in [0.4, 0.5) is 5.69 Å². The highest BCUT2D eigenvalue weighted by atomic mass is 16.5. The van der Waals surface area contributed by atoms with Crippen LogP contribution in [0.5, 0.6) is 0 Å². The Bertz CT molecular complexity index is 783. The lowest BCUT2D eigenvalue weighted by atomic mass is 10.2. The van der Waals surface area contributed by atoms with Gasteiger partial charge >= 0.3 is 5.97 Å². The quantitative estimate of drug-likeness (QED) is 0.624. The van der Waals surface area contributed by atoms with Gasteiger partial charge in [0.1, 0.15) is 0 Å². The molecule has 1 atom stereocenters. The predicted octanol–water partition coefficient (Wildman–Crippen LogP) is 2.37. The fourth-order valence-corrected chi connectivity index (χ4v) is 1.96. The molecule has 2 aromatic carbocycles. The summed E-state index contributed by atoms with van der Waals surface area (Å²) in [6, 6.07) is 15.3. The molecule has 6 nitrogen and oxygen atoms in total. The van der Waals surface area contributed by atoms with Crippen LogP contribution in [0.25, 0.3) is 6.08 Å². The molecule has 0 saturated heterocycles. The molecule has 0 bridgehead atoms. The minimum Gasteiger partial charge on any atom is -0.449 e. The summed E-state index contributed by atoms with van der Waals surface area (Å²) < 4.78 is 5.06. The zero-order valence-corrected chi connectivity index (χ0v) is 13.6. The van der Waals surface area contributed by atoms with Crippen molar-refractivity contribution >= 4 is 29.5 Å². The molecule has 0 spiro atoms. The Morgan fingerprint density at radius 3 is 2.28 bits per heavy atom. The largest absolute Gasteiger partial charge is 0.449 e. The number of ether oxygens (including phenoxy) is 1. The lowest BCUT2D eigenvalue weighted by molar-refractivity contribution is -0.148. The Morgan fingerprint density at radius 1 is 1.04 bits per heavy atom. The highest BCUT2D eigenvalue weighted by Crippen LogP contribution is 2.10. The molecular formula is C19H18N2O4. The highest BCUT2D eigenvalue weighted by molar-refractivity contribution is 5.97. The second-order valence-electron chi connectivity index (χ2n) is 5.25. The number of amides is 2. The van der Waals surface area contributed by atoms with Crippen LogP contribution < -0.4 is 11.1 Å². The first kappa shape index (κ1) is 17.9. The molecule has 0 aliphatic heterocycles. The van der Waals surface area contributed by atoms with E-state index < -0.39 is 23.9 Å². The fraction of sp³-hybridized carbons (Fsp3) is 0.105. The van der Waals surface area contributed by atoms with Gasteiger partial charge in [0.25, 0.3) is 5.91 Å². The third kappa shape index (κ3) is 5.62. The number of rotatable bonds is 6. The van der Waals surface area contributed by atoms with Crippen molar-refractivity contribution in [3.05, 3.63) is 71.8 Å². The van der Waals surface area contributed by atoms with Gasteiger partial charge in [0.05, 0.1) is 0 Å². The van der Waals surface area contributed by atoms with Crippen LogP contribution in [0.2, 0.25) is 0 Å². The van der Waals surface area contributed by atoms with Gasteiger partial charge in [-0.3, -0.25) is 9.59 Å². The van der Waals surface area contributed by atoms with Crippen LogP contribution in [-0.4, -0.2) is 23.9 Å². The zero-order chi connectivity index (χ0) is 18.2. The third-order valence-electron chi connectivity index (χ3n) is 3.31. The summed E-state index contributed by atoms with van der Waals surface area (Å²) in [6.45, 7) is 1.47. The number of esters is 1. The standard InChI is InChI=1S/C19H18N2O4/c1-13(25-17(22)12-7-14-5-3-2-4-6-14)19(24)21-16-10-8-15(9-11-16)18(20)23/h2-13H,1H3,(H2,20,23)(H,21,24)/b12-7+/t13-/m1/s1. The summed E-state index contributed by atoms with van der Waals surface area (Å²) in [5.41, 5.74) is 6.81. The molecule has 0 saturated carbocycles. The molecule has 0 aromatic heterocycles. The molecular weight excluding hydrogens is 320 g/mol.